The first-order chi connectivity index (χ1) is 4.54. The van der Waals surface area contributed by atoms with Crippen molar-refractivity contribution in [1.29, 1.82) is 0 Å². The number of ketones is 1. The Bertz CT molecular complexity index is 134. The number of hydrogen-bond donors (Lipinski definition) is 0. The molecule has 1 atom stereocenters. The van der Waals surface area contributed by atoms with Crippen molar-refractivity contribution in [3.8, 4) is 0 Å². The zero-order valence-corrected chi connectivity index (χ0v) is 7.22. The van der Waals surface area contributed by atoms with Crippen molar-refractivity contribution in [2.24, 2.45) is 11.8 Å². The summed E-state index contributed by atoms with van der Waals surface area (Å²) in [6.07, 6.45) is 3.61. The van der Waals surface area contributed by atoms with Crippen LogP contribution in [0.15, 0.2) is 12.2 Å². The van der Waals surface area contributed by atoms with Crippen LogP contribution in [0.1, 0.15) is 27.7 Å². The van der Waals surface area contributed by atoms with Gasteiger partial charge in [0.2, 0.25) is 0 Å². The van der Waals surface area contributed by atoms with Gasteiger partial charge in [-0.15, -0.1) is 0 Å². The van der Waals surface area contributed by atoms with Crippen molar-refractivity contribution in [3.63, 3.8) is 0 Å². The molecule has 0 aliphatic carbocycles. The van der Waals surface area contributed by atoms with E-state index in [2.05, 4.69) is 20.8 Å². The summed E-state index contributed by atoms with van der Waals surface area (Å²) in [5.74, 6) is 1.26. The molecule has 1 nitrogen and oxygen atoms in total. The SMILES string of the molecule is CC(=O)C=CC(C)C(C)C. The van der Waals surface area contributed by atoms with Crippen molar-refractivity contribution in [1.82, 2.24) is 0 Å². The maximum Gasteiger partial charge on any atom is 0.152 e. The van der Waals surface area contributed by atoms with Gasteiger partial charge in [0.05, 0.1) is 0 Å². The minimum absolute atomic E-state index is 0.132. The van der Waals surface area contributed by atoms with E-state index in [0.29, 0.717) is 11.8 Å². The Morgan fingerprint density at radius 1 is 1.30 bits per heavy atom. The lowest BCUT2D eigenvalue weighted by atomic mass is 9.97. The summed E-state index contributed by atoms with van der Waals surface area (Å²) >= 11 is 0. The summed E-state index contributed by atoms with van der Waals surface area (Å²) in [7, 11) is 0. The Kier molecular flexibility index (Phi) is 4.01. The fraction of sp³-hybridized carbons (Fsp3) is 0.667. The van der Waals surface area contributed by atoms with Crippen molar-refractivity contribution in [2.75, 3.05) is 0 Å². The lowest BCUT2D eigenvalue weighted by Crippen LogP contribution is -1.99. The third kappa shape index (κ3) is 4.30. The number of hydrogen-bond acceptors (Lipinski definition) is 1. The van der Waals surface area contributed by atoms with E-state index < -0.39 is 0 Å². The van der Waals surface area contributed by atoms with Gasteiger partial charge in [-0.3, -0.25) is 4.79 Å². The van der Waals surface area contributed by atoms with E-state index in [1.54, 1.807) is 13.0 Å². The Morgan fingerprint density at radius 3 is 2.10 bits per heavy atom. The summed E-state index contributed by atoms with van der Waals surface area (Å²) in [5, 5.41) is 0. The molecular formula is C9H16O. The molecule has 0 aromatic rings. The first-order valence-corrected chi connectivity index (χ1v) is 3.72. The smallest absolute Gasteiger partial charge is 0.152 e. The van der Waals surface area contributed by atoms with Crippen molar-refractivity contribution >= 4 is 5.78 Å². The zero-order chi connectivity index (χ0) is 8.15. The molecule has 0 amide bonds. The molecule has 58 valence electrons. The van der Waals surface area contributed by atoms with Crippen LogP contribution in [0.3, 0.4) is 0 Å². The Balaban J connectivity index is 3.77. The van der Waals surface area contributed by atoms with E-state index in [1.807, 2.05) is 6.08 Å². The second-order valence-electron chi connectivity index (χ2n) is 3.07. The zero-order valence-electron chi connectivity index (χ0n) is 7.22. The second-order valence-corrected chi connectivity index (χ2v) is 3.07. The number of allylic oxidation sites excluding steroid dienone is 2. The van der Waals surface area contributed by atoms with Crippen LogP contribution in [-0.4, -0.2) is 5.78 Å². The Labute approximate surface area is 63.1 Å². The van der Waals surface area contributed by atoms with Gasteiger partial charge in [-0.2, -0.15) is 0 Å². The van der Waals surface area contributed by atoms with Gasteiger partial charge >= 0.3 is 0 Å². The van der Waals surface area contributed by atoms with Crippen molar-refractivity contribution in [2.45, 2.75) is 27.7 Å². The van der Waals surface area contributed by atoms with Crippen molar-refractivity contribution < 1.29 is 4.79 Å². The van der Waals surface area contributed by atoms with Crippen LogP contribution in [0.25, 0.3) is 0 Å². The quantitative estimate of drug-likeness (QED) is 0.550. The summed E-state index contributed by atoms with van der Waals surface area (Å²) < 4.78 is 0. The summed E-state index contributed by atoms with van der Waals surface area (Å²) in [6.45, 7) is 7.98. The molecule has 0 aliphatic rings. The molecule has 1 unspecified atom stereocenters. The molecule has 0 saturated heterocycles. The number of carbonyl (C=O) groups is 1. The third-order valence-corrected chi connectivity index (χ3v) is 1.69. The fourth-order valence-electron chi connectivity index (χ4n) is 0.510. The highest BCUT2D eigenvalue weighted by Gasteiger charge is 2.01. The topological polar surface area (TPSA) is 17.1 Å². The van der Waals surface area contributed by atoms with Crippen LogP contribution in [-0.2, 0) is 4.79 Å². The standard InChI is InChI=1S/C9H16O/c1-7(2)8(3)5-6-9(4)10/h5-8H,1-4H3. The average Bonchev–Trinajstić information content (AvgIpc) is 1.82. The maximum atomic E-state index is 10.5. The molecule has 0 bridgehead atoms. The van der Waals surface area contributed by atoms with Gasteiger partial charge in [0.25, 0.3) is 0 Å². The van der Waals surface area contributed by atoms with Gasteiger partial charge in [-0.1, -0.05) is 26.8 Å². The molecule has 1 heteroatoms. The molecule has 0 fully saturated rings. The van der Waals surface area contributed by atoms with E-state index in [-0.39, 0.29) is 5.78 Å². The van der Waals surface area contributed by atoms with Crippen LogP contribution in [0.5, 0.6) is 0 Å². The van der Waals surface area contributed by atoms with Gasteiger partial charge < -0.3 is 0 Å². The molecule has 0 rings (SSSR count). The van der Waals surface area contributed by atoms with E-state index in [1.165, 1.54) is 0 Å². The van der Waals surface area contributed by atoms with Crippen molar-refractivity contribution in [3.05, 3.63) is 12.2 Å². The van der Waals surface area contributed by atoms with Crippen LogP contribution >= 0.6 is 0 Å². The van der Waals surface area contributed by atoms with E-state index in [0.717, 1.165) is 0 Å². The van der Waals surface area contributed by atoms with E-state index in [4.69, 9.17) is 0 Å². The van der Waals surface area contributed by atoms with E-state index >= 15 is 0 Å². The molecule has 0 N–H and O–H groups in total. The Morgan fingerprint density at radius 2 is 1.80 bits per heavy atom. The molecule has 10 heavy (non-hydrogen) atoms. The molecule has 0 aliphatic heterocycles. The van der Waals surface area contributed by atoms with Gasteiger partial charge in [-0.25, -0.2) is 0 Å². The molecule has 0 aromatic heterocycles. The predicted octanol–water partition coefficient (Wildman–Crippen LogP) is 2.42. The molecule has 0 radical (unpaired) electrons. The normalized spacial score (nSPS) is 14.5. The fourth-order valence-corrected chi connectivity index (χ4v) is 0.510. The predicted molar refractivity (Wildman–Crippen MR) is 43.8 cm³/mol. The van der Waals surface area contributed by atoms with Crippen LogP contribution < -0.4 is 0 Å². The highest BCUT2D eigenvalue weighted by molar-refractivity contribution is 5.87. The average molecular weight is 140 g/mol. The Hall–Kier alpha value is -0.590. The van der Waals surface area contributed by atoms with Gasteiger partial charge in [0.1, 0.15) is 0 Å². The van der Waals surface area contributed by atoms with Gasteiger partial charge in [0, 0.05) is 0 Å². The lowest BCUT2D eigenvalue weighted by molar-refractivity contribution is -0.112. The molecular weight excluding hydrogens is 124 g/mol. The second kappa shape index (κ2) is 4.26. The first-order valence-electron chi connectivity index (χ1n) is 3.72. The molecule has 0 heterocycles. The highest BCUT2D eigenvalue weighted by Crippen LogP contribution is 2.10. The maximum absolute atomic E-state index is 10.5. The third-order valence-electron chi connectivity index (χ3n) is 1.69. The van der Waals surface area contributed by atoms with Gasteiger partial charge in [0.15, 0.2) is 5.78 Å². The minimum Gasteiger partial charge on any atom is -0.295 e. The summed E-state index contributed by atoms with van der Waals surface area (Å²) in [4.78, 5) is 10.5. The van der Waals surface area contributed by atoms with Crippen LogP contribution in [0.2, 0.25) is 0 Å². The number of rotatable bonds is 3. The molecule has 0 saturated carbocycles. The van der Waals surface area contributed by atoms with E-state index in [9.17, 15) is 4.79 Å². The monoisotopic (exact) mass is 140 g/mol. The lowest BCUT2D eigenvalue weighted by Gasteiger charge is -2.08. The minimum atomic E-state index is 0.132. The van der Waals surface area contributed by atoms with Gasteiger partial charge in [-0.05, 0) is 24.8 Å². The van der Waals surface area contributed by atoms with Crippen LogP contribution in [0, 0.1) is 11.8 Å². The highest BCUT2D eigenvalue weighted by atomic mass is 16.1. The molecule has 0 aromatic carbocycles. The number of carbonyl (C=O) groups excluding carboxylic acids is 1. The largest absolute Gasteiger partial charge is 0.295 e. The van der Waals surface area contributed by atoms with Crippen LogP contribution in [0.4, 0.5) is 0 Å². The summed E-state index contributed by atoms with van der Waals surface area (Å²) in [6, 6.07) is 0. The summed E-state index contributed by atoms with van der Waals surface area (Å²) in [5.41, 5.74) is 0. The first kappa shape index (κ1) is 9.41. The molecule has 0 spiro atoms.